The van der Waals surface area contributed by atoms with E-state index in [1.54, 1.807) is 6.07 Å². The van der Waals surface area contributed by atoms with Gasteiger partial charge in [-0.3, -0.25) is 4.21 Å². The van der Waals surface area contributed by atoms with Gasteiger partial charge in [-0.05, 0) is 37.8 Å². The molecule has 2 saturated heterocycles. The zero-order chi connectivity index (χ0) is 22.4. The highest BCUT2D eigenvalue weighted by Gasteiger charge is 2.31. The summed E-state index contributed by atoms with van der Waals surface area (Å²) in [5, 5.41) is 8.67. The van der Waals surface area contributed by atoms with E-state index in [1.807, 2.05) is 0 Å². The largest absolute Gasteiger partial charge is 0.381 e. The Morgan fingerprint density at radius 3 is 2.76 bits per heavy atom. The maximum atomic E-state index is 13.5. The smallest absolute Gasteiger partial charge is 0.227 e. The molecule has 3 aliphatic rings. The lowest BCUT2D eigenvalue weighted by Gasteiger charge is -2.32. The Morgan fingerprint density at radius 1 is 1.12 bits per heavy atom. The van der Waals surface area contributed by atoms with Crippen LogP contribution in [0.1, 0.15) is 43.0 Å². The Kier molecular flexibility index (Phi) is 5.49. The Hall–Kier alpha value is -2.59. The first-order chi connectivity index (χ1) is 16.2. The molecule has 3 aromatic rings. The summed E-state index contributed by atoms with van der Waals surface area (Å²) in [5.74, 6) is 1.96. The average Bonchev–Trinajstić information content (AvgIpc) is 3.43. The number of halogens is 1. The van der Waals surface area contributed by atoms with Crippen LogP contribution in [-0.4, -0.2) is 57.4 Å². The van der Waals surface area contributed by atoms with Crippen LogP contribution in [0.4, 0.5) is 16.2 Å². The number of nitrogens with one attached hydrogen (secondary N) is 1. The second kappa shape index (κ2) is 8.64. The van der Waals surface area contributed by atoms with Gasteiger partial charge in [0, 0.05) is 61.9 Å². The number of hydrogen-bond donors (Lipinski definition) is 1. The number of anilines is 2. The van der Waals surface area contributed by atoms with E-state index in [4.69, 9.17) is 19.2 Å². The molecule has 0 aliphatic carbocycles. The van der Waals surface area contributed by atoms with Crippen molar-refractivity contribution in [2.75, 3.05) is 42.3 Å². The van der Waals surface area contributed by atoms with Gasteiger partial charge in [0.2, 0.25) is 5.95 Å². The van der Waals surface area contributed by atoms with E-state index in [-0.39, 0.29) is 17.8 Å². The molecule has 6 rings (SSSR count). The van der Waals surface area contributed by atoms with Crippen molar-refractivity contribution in [2.24, 2.45) is 0 Å². The molecular formula is C23H26FN5O3S. The highest BCUT2D eigenvalue weighted by atomic mass is 32.2. The molecule has 8 nitrogen and oxygen atoms in total. The lowest BCUT2D eigenvalue weighted by molar-refractivity contribution is 0.0903. The van der Waals surface area contributed by atoms with Crippen LogP contribution in [-0.2, 0) is 22.0 Å². The first-order valence-electron chi connectivity index (χ1n) is 11.6. The van der Waals surface area contributed by atoms with E-state index in [2.05, 4.69) is 15.4 Å². The number of piperidine rings is 1. The summed E-state index contributed by atoms with van der Waals surface area (Å²) in [6.07, 6.45) is 4.32. The van der Waals surface area contributed by atoms with E-state index in [0.29, 0.717) is 17.3 Å². The third-order valence-electron chi connectivity index (χ3n) is 6.86. The Labute approximate surface area is 193 Å². The van der Waals surface area contributed by atoms with Gasteiger partial charge in [0.15, 0.2) is 5.58 Å². The van der Waals surface area contributed by atoms with Crippen molar-refractivity contribution in [3.05, 3.63) is 35.4 Å². The lowest BCUT2D eigenvalue weighted by atomic mass is 9.92. The van der Waals surface area contributed by atoms with Crippen LogP contribution in [0.15, 0.2) is 27.6 Å². The topological polar surface area (TPSA) is 93.4 Å². The van der Waals surface area contributed by atoms with Crippen molar-refractivity contribution in [1.82, 2.24) is 15.1 Å². The van der Waals surface area contributed by atoms with E-state index in [0.717, 1.165) is 85.9 Å². The molecule has 0 saturated carbocycles. The van der Waals surface area contributed by atoms with Crippen LogP contribution in [0.5, 0.6) is 0 Å². The van der Waals surface area contributed by atoms with Crippen molar-refractivity contribution in [1.29, 1.82) is 0 Å². The van der Waals surface area contributed by atoms with Crippen LogP contribution in [0, 0.1) is 5.82 Å². The fourth-order valence-electron chi connectivity index (χ4n) is 5.04. The van der Waals surface area contributed by atoms with E-state index in [1.165, 1.54) is 12.1 Å². The first kappa shape index (κ1) is 21.0. The first-order valence-corrected chi connectivity index (χ1v) is 12.9. The van der Waals surface area contributed by atoms with Crippen molar-refractivity contribution in [3.8, 4) is 0 Å². The molecule has 1 unspecified atom stereocenters. The van der Waals surface area contributed by atoms with Crippen LogP contribution < -0.4 is 10.2 Å². The SMILES string of the molecule is O=S1CCc2nc(N3CCC(c4noc5cc(F)ccc45)CC3)nc(NC3CCOCC3)c21. The van der Waals surface area contributed by atoms with Gasteiger partial charge in [0.1, 0.15) is 16.5 Å². The average molecular weight is 472 g/mol. The minimum atomic E-state index is -1.05. The number of ether oxygens (including phenoxy) is 1. The van der Waals surface area contributed by atoms with Gasteiger partial charge >= 0.3 is 0 Å². The van der Waals surface area contributed by atoms with Crippen LogP contribution >= 0.6 is 0 Å². The summed E-state index contributed by atoms with van der Waals surface area (Å²) >= 11 is 0. The third kappa shape index (κ3) is 3.99. The van der Waals surface area contributed by atoms with Gasteiger partial charge in [-0.2, -0.15) is 4.98 Å². The standard InChI is InChI=1S/C23H26FN5O3S/c24-15-1-2-17-19(13-15)32-28-20(17)14-3-8-29(9-4-14)23-26-18-7-12-33(30)21(18)22(27-23)25-16-5-10-31-11-6-16/h1-2,13-14,16H,3-12H2,(H,25,26,27). The maximum absolute atomic E-state index is 13.5. The molecule has 0 radical (unpaired) electrons. The molecule has 33 heavy (non-hydrogen) atoms. The molecule has 0 bridgehead atoms. The molecule has 0 amide bonds. The fraction of sp³-hybridized carbons (Fsp3) is 0.522. The molecule has 2 fully saturated rings. The third-order valence-corrected chi connectivity index (χ3v) is 8.32. The van der Waals surface area contributed by atoms with Crippen molar-refractivity contribution in [3.63, 3.8) is 0 Å². The van der Waals surface area contributed by atoms with Crippen molar-refractivity contribution >= 4 is 33.5 Å². The number of rotatable bonds is 4. The zero-order valence-electron chi connectivity index (χ0n) is 18.3. The fourth-order valence-corrected chi connectivity index (χ4v) is 6.35. The molecule has 1 atom stereocenters. The van der Waals surface area contributed by atoms with E-state index < -0.39 is 10.8 Å². The predicted molar refractivity (Wildman–Crippen MR) is 123 cm³/mol. The van der Waals surface area contributed by atoms with Gasteiger partial charge in [0.05, 0.1) is 22.2 Å². The maximum Gasteiger partial charge on any atom is 0.227 e. The number of benzene rings is 1. The lowest BCUT2D eigenvalue weighted by Crippen LogP contribution is -2.35. The van der Waals surface area contributed by atoms with Gasteiger partial charge in [-0.25, -0.2) is 9.37 Å². The van der Waals surface area contributed by atoms with Gasteiger partial charge in [0.25, 0.3) is 0 Å². The summed E-state index contributed by atoms with van der Waals surface area (Å²) in [5.41, 5.74) is 2.29. The molecule has 174 valence electrons. The van der Waals surface area contributed by atoms with Gasteiger partial charge in [-0.1, -0.05) is 5.16 Å². The normalized spacial score (nSPS) is 22.1. The van der Waals surface area contributed by atoms with E-state index >= 15 is 0 Å². The monoisotopic (exact) mass is 471 g/mol. The van der Waals surface area contributed by atoms with Crippen molar-refractivity contribution in [2.45, 2.75) is 49.0 Å². The summed E-state index contributed by atoms with van der Waals surface area (Å²) < 4.78 is 37.0. The number of aromatic nitrogens is 3. The number of fused-ring (bicyclic) bond motifs is 2. The molecule has 1 N–H and O–H groups in total. The van der Waals surface area contributed by atoms with Crippen LogP contribution in [0.3, 0.4) is 0 Å². The number of nitrogens with zero attached hydrogens (tertiary/aromatic N) is 4. The predicted octanol–water partition coefficient (Wildman–Crippen LogP) is 3.40. The Balaban J connectivity index is 1.22. The molecular weight excluding hydrogens is 445 g/mol. The summed E-state index contributed by atoms with van der Waals surface area (Å²) in [7, 11) is -1.05. The minimum absolute atomic E-state index is 0.245. The minimum Gasteiger partial charge on any atom is -0.381 e. The quantitative estimate of drug-likeness (QED) is 0.619. The Bertz CT molecular complexity index is 1200. The van der Waals surface area contributed by atoms with Crippen LogP contribution in [0.25, 0.3) is 11.0 Å². The molecule has 2 aromatic heterocycles. The molecule has 1 aromatic carbocycles. The van der Waals surface area contributed by atoms with Crippen molar-refractivity contribution < 1.29 is 17.9 Å². The number of aryl methyl sites for hydroxylation is 1. The highest BCUT2D eigenvalue weighted by Crippen LogP contribution is 2.35. The highest BCUT2D eigenvalue weighted by molar-refractivity contribution is 7.85. The second-order valence-electron chi connectivity index (χ2n) is 8.95. The van der Waals surface area contributed by atoms with Crippen LogP contribution in [0.2, 0.25) is 0 Å². The zero-order valence-corrected chi connectivity index (χ0v) is 19.1. The molecule has 3 aliphatic heterocycles. The van der Waals surface area contributed by atoms with Gasteiger partial charge < -0.3 is 19.5 Å². The molecule has 5 heterocycles. The van der Waals surface area contributed by atoms with E-state index in [9.17, 15) is 8.60 Å². The van der Waals surface area contributed by atoms with Gasteiger partial charge in [-0.15, -0.1) is 0 Å². The molecule has 10 heteroatoms. The second-order valence-corrected chi connectivity index (χ2v) is 10.5. The Morgan fingerprint density at radius 2 is 1.94 bits per heavy atom. The summed E-state index contributed by atoms with van der Waals surface area (Å²) in [6, 6.07) is 4.86. The number of hydrogen-bond acceptors (Lipinski definition) is 8. The summed E-state index contributed by atoms with van der Waals surface area (Å²) in [6.45, 7) is 3.05. The summed E-state index contributed by atoms with van der Waals surface area (Å²) in [4.78, 5) is 12.6. The molecule has 0 spiro atoms.